The lowest BCUT2D eigenvalue weighted by atomic mass is 10.2. The molecule has 0 saturated heterocycles. The summed E-state index contributed by atoms with van der Waals surface area (Å²) in [6, 6.07) is 9.53. The molecule has 1 aromatic carbocycles. The molecule has 0 bridgehead atoms. The van der Waals surface area contributed by atoms with Crippen LogP contribution in [0.3, 0.4) is 0 Å². The van der Waals surface area contributed by atoms with E-state index in [9.17, 15) is 14.9 Å². The van der Waals surface area contributed by atoms with E-state index in [2.05, 4.69) is 10.3 Å². The third-order valence-electron chi connectivity index (χ3n) is 3.25. The van der Waals surface area contributed by atoms with Crippen molar-refractivity contribution in [1.29, 1.82) is 0 Å². The van der Waals surface area contributed by atoms with Gasteiger partial charge in [-0.15, -0.1) is 0 Å². The van der Waals surface area contributed by atoms with Gasteiger partial charge in [-0.05, 0) is 24.3 Å². The molecule has 116 valence electrons. The van der Waals surface area contributed by atoms with Crippen molar-refractivity contribution < 1.29 is 9.72 Å². The fourth-order valence-corrected chi connectivity index (χ4v) is 2.33. The van der Waals surface area contributed by atoms with Gasteiger partial charge < -0.3 is 9.72 Å². The summed E-state index contributed by atoms with van der Waals surface area (Å²) in [6.45, 7) is 0.219. The van der Waals surface area contributed by atoms with Crippen molar-refractivity contribution in [2.75, 3.05) is 0 Å². The van der Waals surface area contributed by atoms with Gasteiger partial charge in [0.25, 0.3) is 11.6 Å². The summed E-state index contributed by atoms with van der Waals surface area (Å²) in [5.74, 6) is -0.429. The summed E-state index contributed by atoms with van der Waals surface area (Å²) in [6.07, 6.45) is 3.66. The Bertz CT molecular complexity index is 874. The molecule has 0 fully saturated rings. The van der Waals surface area contributed by atoms with Gasteiger partial charge >= 0.3 is 0 Å². The van der Waals surface area contributed by atoms with Crippen molar-refractivity contribution in [3.8, 4) is 0 Å². The largest absolute Gasteiger partial charge is 0.346 e. The maximum absolute atomic E-state index is 12.1. The maximum atomic E-state index is 12.1. The van der Waals surface area contributed by atoms with E-state index in [0.29, 0.717) is 5.69 Å². The predicted molar refractivity (Wildman–Crippen MR) is 84.5 cm³/mol. The predicted octanol–water partition coefficient (Wildman–Crippen LogP) is 2.83. The highest BCUT2D eigenvalue weighted by molar-refractivity contribution is 6.32. The molecule has 3 rings (SSSR count). The monoisotopic (exact) mass is 330 g/mol. The first kappa shape index (κ1) is 15.0. The summed E-state index contributed by atoms with van der Waals surface area (Å²) in [5, 5.41) is 13.5. The van der Waals surface area contributed by atoms with Crippen molar-refractivity contribution >= 4 is 28.8 Å². The smallest absolute Gasteiger partial charge is 0.288 e. The molecule has 2 heterocycles. The highest BCUT2D eigenvalue weighted by Gasteiger charge is 2.16. The summed E-state index contributed by atoms with van der Waals surface area (Å²) >= 11 is 5.73. The minimum absolute atomic E-state index is 0.00750. The van der Waals surface area contributed by atoms with Crippen LogP contribution < -0.4 is 5.32 Å². The molecular formula is C15H11ClN4O3. The van der Waals surface area contributed by atoms with Crippen LogP contribution in [0.1, 0.15) is 16.1 Å². The molecule has 7 nitrogen and oxygen atoms in total. The molecule has 0 saturated carbocycles. The zero-order valence-electron chi connectivity index (χ0n) is 11.8. The lowest BCUT2D eigenvalue weighted by Gasteiger charge is -2.04. The number of amides is 1. The van der Waals surface area contributed by atoms with E-state index >= 15 is 0 Å². The van der Waals surface area contributed by atoms with Crippen LogP contribution in [0.4, 0.5) is 5.69 Å². The first-order valence-corrected chi connectivity index (χ1v) is 7.07. The van der Waals surface area contributed by atoms with E-state index < -0.39 is 10.8 Å². The Kier molecular flexibility index (Phi) is 3.94. The number of nitro benzene ring substituents is 1. The zero-order valence-corrected chi connectivity index (χ0v) is 12.5. The number of rotatable bonds is 4. The maximum Gasteiger partial charge on any atom is 0.288 e. The normalized spacial score (nSPS) is 10.7. The molecule has 0 atom stereocenters. The second kappa shape index (κ2) is 6.05. The Balaban J connectivity index is 1.74. The Labute approximate surface area is 135 Å². The minimum Gasteiger partial charge on any atom is -0.346 e. The fraction of sp³-hybridized carbons (Fsp3) is 0.0667. The van der Waals surface area contributed by atoms with Gasteiger partial charge in [-0.2, -0.15) is 0 Å². The number of pyridine rings is 1. The molecule has 1 N–H and O–H groups in total. The topological polar surface area (TPSA) is 89.5 Å². The molecular weight excluding hydrogens is 320 g/mol. The lowest BCUT2D eigenvalue weighted by molar-refractivity contribution is -0.384. The van der Waals surface area contributed by atoms with Gasteiger partial charge in [0.15, 0.2) is 0 Å². The van der Waals surface area contributed by atoms with E-state index in [1.165, 1.54) is 12.1 Å². The number of carbonyl (C=O) groups excluding carboxylic acids is 1. The molecule has 0 spiro atoms. The third-order valence-corrected chi connectivity index (χ3v) is 3.57. The first-order valence-electron chi connectivity index (χ1n) is 6.69. The van der Waals surface area contributed by atoms with E-state index in [0.717, 1.165) is 11.7 Å². The average Bonchev–Trinajstić information content (AvgIpc) is 2.95. The molecule has 3 aromatic rings. The molecule has 8 heteroatoms. The third kappa shape index (κ3) is 3.14. The number of aromatic nitrogens is 2. The molecule has 1 amide bonds. The van der Waals surface area contributed by atoms with Gasteiger partial charge in [0.05, 0.1) is 17.2 Å². The number of nitrogens with zero attached hydrogens (tertiary/aromatic N) is 3. The lowest BCUT2D eigenvalue weighted by Crippen LogP contribution is -2.23. The standard InChI is InChI=1S/C15H11ClN4O3/c16-12-5-4-10(7-13(12)20(22)23)15(21)17-8-11-9-19-6-2-1-3-14(19)18-11/h1-7,9H,8H2,(H,17,21). The van der Waals surface area contributed by atoms with Gasteiger partial charge in [0, 0.05) is 24.0 Å². The van der Waals surface area contributed by atoms with Crippen LogP contribution in [0.25, 0.3) is 5.65 Å². The Morgan fingerprint density at radius 1 is 1.35 bits per heavy atom. The second-order valence-corrected chi connectivity index (χ2v) is 5.21. The van der Waals surface area contributed by atoms with Gasteiger partial charge in [0.1, 0.15) is 10.7 Å². The van der Waals surface area contributed by atoms with Gasteiger partial charge in [-0.1, -0.05) is 17.7 Å². The number of imidazole rings is 1. The summed E-state index contributed by atoms with van der Waals surface area (Å²) in [4.78, 5) is 26.7. The molecule has 0 aliphatic rings. The van der Waals surface area contributed by atoms with Crippen LogP contribution in [-0.4, -0.2) is 20.2 Å². The van der Waals surface area contributed by atoms with Crippen LogP contribution in [0.15, 0.2) is 48.8 Å². The Hall–Kier alpha value is -2.93. The summed E-state index contributed by atoms with van der Waals surface area (Å²) < 4.78 is 1.84. The molecule has 23 heavy (non-hydrogen) atoms. The number of nitro groups is 1. The number of hydrogen-bond donors (Lipinski definition) is 1. The van der Waals surface area contributed by atoms with Crippen LogP contribution in [0, 0.1) is 10.1 Å². The van der Waals surface area contributed by atoms with Crippen LogP contribution in [0.5, 0.6) is 0 Å². The Morgan fingerprint density at radius 2 is 2.17 bits per heavy atom. The van der Waals surface area contributed by atoms with E-state index in [4.69, 9.17) is 11.6 Å². The molecule has 0 radical (unpaired) electrons. The van der Waals surface area contributed by atoms with Crippen LogP contribution >= 0.6 is 11.6 Å². The summed E-state index contributed by atoms with van der Waals surface area (Å²) in [7, 11) is 0. The van der Waals surface area contributed by atoms with Gasteiger partial charge in [0.2, 0.25) is 0 Å². The van der Waals surface area contributed by atoms with Gasteiger partial charge in [-0.25, -0.2) is 4.98 Å². The molecule has 2 aromatic heterocycles. The number of benzene rings is 1. The van der Waals surface area contributed by atoms with Crippen molar-refractivity contribution in [3.05, 3.63) is 75.2 Å². The fourth-order valence-electron chi connectivity index (χ4n) is 2.14. The number of halogens is 1. The summed E-state index contributed by atoms with van der Waals surface area (Å²) in [5.41, 5.74) is 1.34. The number of carbonyl (C=O) groups is 1. The van der Waals surface area contributed by atoms with E-state index in [1.54, 1.807) is 6.20 Å². The molecule has 0 aliphatic heterocycles. The van der Waals surface area contributed by atoms with Gasteiger partial charge in [-0.3, -0.25) is 14.9 Å². The number of hydrogen-bond acceptors (Lipinski definition) is 4. The quantitative estimate of drug-likeness (QED) is 0.588. The minimum atomic E-state index is -0.624. The van der Waals surface area contributed by atoms with Crippen molar-refractivity contribution in [3.63, 3.8) is 0 Å². The zero-order chi connectivity index (χ0) is 16.4. The van der Waals surface area contributed by atoms with Crippen molar-refractivity contribution in [2.45, 2.75) is 6.54 Å². The first-order chi connectivity index (χ1) is 11.0. The van der Waals surface area contributed by atoms with Crippen molar-refractivity contribution in [1.82, 2.24) is 14.7 Å². The SMILES string of the molecule is O=C(NCc1cn2ccccc2n1)c1ccc(Cl)c([N+](=O)[O-])c1. The number of fused-ring (bicyclic) bond motifs is 1. The Morgan fingerprint density at radius 3 is 2.91 bits per heavy atom. The van der Waals surface area contributed by atoms with Crippen molar-refractivity contribution in [2.24, 2.45) is 0 Å². The average molecular weight is 331 g/mol. The van der Waals surface area contributed by atoms with Crippen LogP contribution in [0.2, 0.25) is 5.02 Å². The van der Waals surface area contributed by atoms with Crippen LogP contribution in [-0.2, 0) is 6.54 Å². The molecule has 0 unspecified atom stereocenters. The number of nitrogens with one attached hydrogen (secondary N) is 1. The highest BCUT2D eigenvalue weighted by Crippen LogP contribution is 2.25. The highest BCUT2D eigenvalue weighted by atomic mass is 35.5. The van der Waals surface area contributed by atoms with E-state index in [1.807, 2.05) is 28.8 Å². The van der Waals surface area contributed by atoms with E-state index in [-0.39, 0.29) is 22.8 Å². The molecule has 0 aliphatic carbocycles. The second-order valence-electron chi connectivity index (χ2n) is 4.80.